The normalized spacial score (nSPS) is 14.6. The molecule has 0 bridgehead atoms. The third kappa shape index (κ3) is 3.20. The lowest BCUT2D eigenvalue weighted by atomic mass is 10.0. The molecular weight excluding hydrogens is 206 g/mol. The van der Waals surface area contributed by atoms with Crippen LogP contribution in [0, 0.1) is 0 Å². The first-order valence-electron chi connectivity index (χ1n) is 5.30. The lowest BCUT2D eigenvalue weighted by Gasteiger charge is -2.19. The van der Waals surface area contributed by atoms with Crippen LogP contribution in [0.3, 0.4) is 0 Å². The summed E-state index contributed by atoms with van der Waals surface area (Å²) in [6.07, 6.45) is -1.71. The number of aliphatic hydroxyl groups excluding tert-OH is 3. The summed E-state index contributed by atoms with van der Waals surface area (Å²) in [5.41, 5.74) is 1.62. The summed E-state index contributed by atoms with van der Waals surface area (Å²) in [5, 5.41) is 28.1. The molecule has 0 spiro atoms. The van der Waals surface area contributed by atoms with E-state index in [2.05, 4.69) is 0 Å². The third-order valence-corrected chi connectivity index (χ3v) is 2.52. The second-order valence-corrected chi connectivity index (χ2v) is 4.01. The maximum Gasteiger partial charge on any atom is 0.105 e. The van der Waals surface area contributed by atoms with Crippen LogP contribution in [0.25, 0.3) is 0 Å². The fourth-order valence-corrected chi connectivity index (χ4v) is 1.50. The molecule has 0 aliphatic carbocycles. The van der Waals surface area contributed by atoms with Crippen molar-refractivity contribution in [1.82, 2.24) is 0 Å². The average Bonchev–Trinajstić information content (AvgIpc) is 2.28. The molecule has 16 heavy (non-hydrogen) atoms. The lowest BCUT2D eigenvalue weighted by molar-refractivity contribution is 0.00424. The van der Waals surface area contributed by atoms with Gasteiger partial charge in [-0.05, 0) is 24.1 Å². The highest BCUT2D eigenvalue weighted by Crippen LogP contribution is 2.22. The molecule has 1 aromatic carbocycles. The summed E-state index contributed by atoms with van der Waals surface area (Å²) >= 11 is 0. The summed E-state index contributed by atoms with van der Waals surface area (Å²) in [6.45, 7) is -0.133. The molecular formula is C12H19NO3. The highest BCUT2D eigenvalue weighted by atomic mass is 16.3. The van der Waals surface area contributed by atoms with E-state index >= 15 is 0 Å². The van der Waals surface area contributed by atoms with E-state index in [1.165, 1.54) is 0 Å². The van der Waals surface area contributed by atoms with Gasteiger partial charge in [0.2, 0.25) is 0 Å². The minimum Gasteiger partial charge on any atom is -0.396 e. The summed E-state index contributed by atoms with van der Waals surface area (Å²) in [5.74, 6) is 0. The van der Waals surface area contributed by atoms with E-state index < -0.39 is 12.2 Å². The van der Waals surface area contributed by atoms with E-state index in [-0.39, 0.29) is 13.0 Å². The van der Waals surface area contributed by atoms with Crippen molar-refractivity contribution < 1.29 is 15.3 Å². The largest absolute Gasteiger partial charge is 0.396 e. The van der Waals surface area contributed by atoms with Crippen LogP contribution < -0.4 is 4.90 Å². The van der Waals surface area contributed by atoms with Gasteiger partial charge in [-0.15, -0.1) is 0 Å². The molecule has 0 aliphatic rings. The third-order valence-electron chi connectivity index (χ3n) is 2.52. The Kier molecular flexibility index (Phi) is 4.73. The van der Waals surface area contributed by atoms with Gasteiger partial charge in [-0.1, -0.05) is 12.1 Å². The van der Waals surface area contributed by atoms with Crippen molar-refractivity contribution in [1.29, 1.82) is 0 Å². The van der Waals surface area contributed by atoms with Gasteiger partial charge in [-0.3, -0.25) is 0 Å². The van der Waals surface area contributed by atoms with Crippen molar-refractivity contribution in [2.45, 2.75) is 18.6 Å². The van der Waals surface area contributed by atoms with Crippen LogP contribution in [-0.2, 0) is 0 Å². The predicted octanol–water partition coefficient (Wildman–Crippen LogP) is 0.529. The molecule has 90 valence electrons. The SMILES string of the molecule is CN(C)c1cccc(C(O)C(O)CCO)c1. The van der Waals surface area contributed by atoms with Crippen LogP contribution in [0.15, 0.2) is 24.3 Å². The molecule has 2 atom stereocenters. The second kappa shape index (κ2) is 5.84. The molecule has 3 N–H and O–H groups in total. The fourth-order valence-electron chi connectivity index (χ4n) is 1.50. The van der Waals surface area contributed by atoms with Crippen molar-refractivity contribution >= 4 is 5.69 Å². The molecule has 2 unspecified atom stereocenters. The molecule has 0 aromatic heterocycles. The van der Waals surface area contributed by atoms with E-state index in [1.54, 1.807) is 6.07 Å². The van der Waals surface area contributed by atoms with Gasteiger partial charge in [0, 0.05) is 26.4 Å². The van der Waals surface area contributed by atoms with Crippen molar-refractivity contribution in [3.63, 3.8) is 0 Å². The van der Waals surface area contributed by atoms with Crippen molar-refractivity contribution in [2.75, 3.05) is 25.6 Å². The van der Waals surface area contributed by atoms with Crippen LogP contribution in [0.2, 0.25) is 0 Å². The van der Waals surface area contributed by atoms with Crippen LogP contribution in [0.1, 0.15) is 18.1 Å². The quantitative estimate of drug-likeness (QED) is 0.684. The zero-order valence-corrected chi connectivity index (χ0v) is 9.67. The smallest absolute Gasteiger partial charge is 0.105 e. The zero-order valence-electron chi connectivity index (χ0n) is 9.67. The van der Waals surface area contributed by atoms with Crippen molar-refractivity contribution in [3.05, 3.63) is 29.8 Å². The first-order valence-corrected chi connectivity index (χ1v) is 5.30. The minimum atomic E-state index is -0.952. The molecule has 0 aliphatic heterocycles. The molecule has 0 saturated carbocycles. The minimum absolute atomic E-state index is 0.133. The second-order valence-electron chi connectivity index (χ2n) is 4.01. The molecule has 0 heterocycles. The summed E-state index contributed by atoms with van der Waals surface area (Å²) in [6, 6.07) is 7.34. The summed E-state index contributed by atoms with van der Waals surface area (Å²) < 4.78 is 0. The Hall–Kier alpha value is -1.10. The van der Waals surface area contributed by atoms with Gasteiger partial charge in [0.25, 0.3) is 0 Å². The number of hydrogen-bond donors (Lipinski definition) is 3. The van der Waals surface area contributed by atoms with Crippen LogP contribution in [0.5, 0.6) is 0 Å². The number of anilines is 1. The molecule has 0 saturated heterocycles. The Morgan fingerprint density at radius 2 is 1.94 bits per heavy atom. The Morgan fingerprint density at radius 1 is 1.25 bits per heavy atom. The first kappa shape index (κ1) is 13.0. The molecule has 1 aromatic rings. The van der Waals surface area contributed by atoms with Gasteiger partial charge < -0.3 is 20.2 Å². The molecule has 0 fully saturated rings. The molecule has 4 heteroatoms. The standard InChI is InChI=1S/C12H19NO3/c1-13(2)10-5-3-4-9(8-10)12(16)11(15)6-7-14/h3-5,8,11-12,14-16H,6-7H2,1-2H3. The lowest BCUT2D eigenvalue weighted by Crippen LogP contribution is -2.20. The van der Waals surface area contributed by atoms with Crippen molar-refractivity contribution in [2.24, 2.45) is 0 Å². The number of nitrogens with zero attached hydrogens (tertiary/aromatic N) is 1. The zero-order chi connectivity index (χ0) is 12.1. The molecule has 1 rings (SSSR count). The Labute approximate surface area is 95.8 Å². The van der Waals surface area contributed by atoms with E-state index in [1.807, 2.05) is 37.2 Å². The van der Waals surface area contributed by atoms with E-state index in [4.69, 9.17) is 5.11 Å². The summed E-state index contributed by atoms with van der Waals surface area (Å²) in [7, 11) is 3.82. The summed E-state index contributed by atoms with van der Waals surface area (Å²) in [4.78, 5) is 1.93. The Balaban J connectivity index is 2.82. The topological polar surface area (TPSA) is 63.9 Å². The average molecular weight is 225 g/mol. The highest BCUT2D eigenvalue weighted by Gasteiger charge is 2.17. The molecule has 4 nitrogen and oxygen atoms in total. The van der Waals surface area contributed by atoms with Crippen molar-refractivity contribution in [3.8, 4) is 0 Å². The maximum absolute atomic E-state index is 9.85. The number of benzene rings is 1. The van der Waals surface area contributed by atoms with Gasteiger partial charge in [-0.25, -0.2) is 0 Å². The predicted molar refractivity (Wildman–Crippen MR) is 63.4 cm³/mol. The fraction of sp³-hybridized carbons (Fsp3) is 0.500. The molecule has 0 amide bonds. The Bertz CT molecular complexity index is 328. The van der Waals surface area contributed by atoms with E-state index in [0.717, 1.165) is 5.69 Å². The van der Waals surface area contributed by atoms with Gasteiger partial charge in [0.1, 0.15) is 6.10 Å². The van der Waals surface area contributed by atoms with E-state index in [9.17, 15) is 10.2 Å². The van der Waals surface area contributed by atoms with Gasteiger partial charge in [0.05, 0.1) is 6.10 Å². The van der Waals surface area contributed by atoms with Gasteiger partial charge >= 0.3 is 0 Å². The highest BCUT2D eigenvalue weighted by molar-refractivity contribution is 5.47. The first-order chi connectivity index (χ1) is 7.56. The van der Waals surface area contributed by atoms with Gasteiger partial charge in [-0.2, -0.15) is 0 Å². The number of aliphatic hydroxyl groups is 3. The molecule has 0 radical (unpaired) electrons. The Morgan fingerprint density at radius 3 is 2.50 bits per heavy atom. The number of hydrogen-bond acceptors (Lipinski definition) is 4. The monoisotopic (exact) mass is 225 g/mol. The van der Waals surface area contributed by atoms with Crippen LogP contribution in [0.4, 0.5) is 5.69 Å². The number of rotatable bonds is 5. The van der Waals surface area contributed by atoms with Crippen LogP contribution >= 0.6 is 0 Å². The van der Waals surface area contributed by atoms with Gasteiger partial charge in [0.15, 0.2) is 0 Å². The maximum atomic E-state index is 9.85. The van der Waals surface area contributed by atoms with E-state index in [0.29, 0.717) is 5.56 Å². The van der Waals surface area contributed by atoms with Crippen LogP contribution in [-0.4, -0.2) is 42.1 Å².